The number of piperazine rings is 1. The molecule has 4 rings (SSSR count). The summed E-state index contributed by atoms with van der Waals surface area (Å²) in [4.78, 5) is 20.9. The number of hydrogen-bond acceptors (Lipinski definition) is 4. The van der Waals surface area contributed by atoms with E-state index in [4.69, 9.17) is 9.15 Å². The molecule has 0 spiro atoms. The number of fused-ring (bicyclic) bond motifs is 1. The summed E-state index contributed by atoms with van der Waals surface area (Å²) >= 11 is 0. The lowest BCUT2D eigenvalue weighted by Crippen LogP contribution is -2.55. The molecule has 1 unspecified atom stereocenters. The Bertz CT molecular complexity index is 912. The van der Waals surface area contributed by atoms with Gasteiger partial charge < -0.3 is 24.3 Å². The van der Waals surface area contributed by atoms with E-state index in [1.807, 2.05) is 11.8 Å². The minimum absolute atomic E-state index is 0.107. The van der Waals surface area contributed by atoms with Crippen LogP contribution in [0.2, 0.25) is 0 Å². The highest BCUT2D eigenvalue weighted by Crippen LogP contribution is 2.26. The first-order chi connectivity index (χ1) is 14.1. The molecule has 2 saturated heterocycles. The Labute approximate surface area is 169 Å². The number of ether oxygens (including phenoxy) is 1. The summed E-state index contributed by atoms with van der Waals surface area (Å²) < 4.78 is 24.9. The van der Waals surface area contributed by atoms with Crippen molar-refractivity contribution in [2.24, 2.45) is 4.99 Å². The SMILES string of the molecule is CN=C(NCc1oc2ccc(F)cc2c1C)N1CCN(C(=O)C2CCCO2)CC1. The van der Waals surface area contributed by atoms with Crippen molar-refractivity contribution in [1.29, 1.82) is 0 Å². The first-order valence-corrected chi connectivity index (χ1v) is 10.1. The number of hydrogen-bond donors (Lipinski definition) is 1. The number of rotatable bonds is 3. The first-order valence-electron chi connectivity index (χ1n) is 10.1. The molecule has 2 aliphatic heterocycles. The molecule has 2 aliphatic rings. The molecule has 1 N–H and O–H groups in total. The summed E-state index contributed by atoms with van der Waals surface area (Å²) in [5.74, 6) is 1.36. The maximum atomic E-state index is 13.5. The molecular weight excluding hydrogens is 375 g/mol. The van der Waals surface area contributed by atoms with Gasteiger partial charge >= 0.3 is 0 Å². The fraction of sp³-hybridized carbons (Fsp3) is 0.524. The number of aliphatic imine (C=N–C) groups is 1. The highest BCUT2D eigenvalue weighted by atomic mass is 19.1. The van der Waals surface area contributed by atoms with Gasteiger partial charge in [-0.15, -0.1) is 0 Å². The zero-order valence-electron chi connectivity index (χ0n) is 16.9. The average Bonchev–Trinajstić information content (AvgIpc) is 3.38. The van der Waals surface area contributed by atoms with Crippen LogP contribution in [0.25, 0.3) is 11.0 Å². The normalized spacial score (nSPS) is 20.5. The molecule has 0 radical (unpaired) electrons. The fourth-order valence-corrected chi connectivity index (χ4v) is 4.02. The van der Waals surface area contributed by atoms with Gasteiger partial charge in [-0.1, -0.05) is 0 Å². The Kier molecular flexibility index (Phi) is 5.71. The van der Waals surface area contributed by atoms with Gasteiger partial charge in [-0.25, -0.2) is 4.39 Å². The third kappa shape index (κ3) is 4.07. The lowest BCUT2D eigenvalue weighted by Gasteiger charge is -2.37. The second-order valence-electron chi connectivity index (χ2n) is 7.51. The minimum Gasteiger partial charge on any atom is -0.459 e. The molecule has 156 valence electrons. The monoisotopic (exact) mass is 402 g/mol. The molecule has 2 fully saturated rings. The Hall–Kier alpha value is -2.61. The molecule has 1 atom stereocenters. The highest BCUT2D eigenvalue weighted by molar-refractivity contribution is 5.84. The largest absolute Gasteiger partial charge is 0.459 e. The maximum absolute atomic E-state index is 13.5. The van der Waals surface area contributed by atoms with Gasteiger partial charge in [0.05, 0.1) is 6.54 Å². The number of halogens is 1. The van der Waals surface area contributed by atoms with E-state index < -0.39 is 0 Å². The van der Waals surface area contributed by atoms with Crippen molar-refractivity contribution in [1.82, 2.24) is 15.1 Å². The molecule has 1 aromatic heterocycles. The minimum atomic E-state index is -0.271. The number of amides is 1. The number of benzene rings is 1. The summed E-state index contributed by atoms with van der Waals surface area (Å²) in [5, 5.41) is 4.12. The van der Waals surface area contributed by atoms with Gasteiger partial charge in [0.15, 0.2) is 5.96 Å². The van der Waals surface area contributed by atoms with Gasteiger partial charge in [0.1, 0.15) is 23.3 Å². The predicted octanol–water partition coefficient (Wildman–Crippen LogP) is 2.28. The van der Waals surface area contributed by atoms with Crippen molar-refractivity contribution in [3.05, 3.63) is 35.3 Å². The zero-order valence-corrected chi connectivity index (χ0v) is 16.9. The van der Waals surface area contributed by atoms with Crippen LogP contribution in [0.15, 0.2) is 27.6 Å². The molecule has 0 bridgehead atoms. The van der Waals surface area contributed by atoms with Crippen molar-refractivity contribution >= 4 is 22.8 Å². The van der Waals surface area contributed by atoms with Crippen LogP contribution in [-0.2, 0) is 16.1 Å². The average molecular weight is 402 g/mol. The molecule has 3 heterocycles. The number of carbonyl (C=O) groups is 1. The predicted molar refractivity (Wildman–Crippen MR) is 108 cm³/mol. The summed E-state index contributed by atoms with van der Waals surface area (Å²) in [7, 11) is 1.74. The quantitative estimate of drug-likeness (QED) is 0.630. The number of carbonyl (C=O) groups excluding carboxylic acids is 1. The van der Waals surface area contributed by atoms with E-state index in [9.17, 15) is 9.18 Å². The van der Waals surface area contributed by atoms with Crippen molar-refractivity contribution < 1.29 is 18.3 Å². The fourth-order valence-electron chi connectivity index (χ4n) is 4.02. The molecule has 1 amide bonds. The van der Waals surface area contributed by atoms with Crippen LogP contribution in [0.5, 0.6) is 0 Å². The highest BCUT2D eigenvalue weighted by Gasteiger charge is 2.31. The summed E-state index contributed by atoms with van der Waals surface area (Å²) in [5.41, 5.74) is 1.60. The van der Waals surface area contributed by atoms with Crippen molar-refractivity contribution in [3.63, 3.8) is 0 Å². The van der Waals surface area contributed by atoms with Crippen LogP contribution in [0.3, 0.4) is 0 Å². The van der Waals surface area contributed by atoms with Crippen molar-refractivity contribution in [2.45, 2.75) is 32.4 Å². The van der Waals surface area contributed by atoms with Gasteiger partial charge in [0, 0.05) is 50.8 Å². The summed E-state index contributed by atoms with van der Waals surface area (Å²) in [6.07, 6.45) is 1.52. The zero-order chi connectivity index (χ0) is 20.4. The summed E-state index contributed by atoms with van der Waals surface area (Å²) in [6.45, 7) is 5.81. The van der Waals surface area contributed by atoms with E-state index in [0.29, 0.717) is 44.9 Å². The standard InChI is InChI=1S/C21H27FN4O3/c1-14-16-12-15(22)5-6-17(16)29-19(14)13-24-21(23-2)26-9-7-25(8-10-26)20(27)18-4-3-11-28-18/h5-6,12,18H,3-4,7-11,13H2,1-2H3,(H,23,24). The van der Waals surface area contributed by atoms with Gasteiger partial charge in [0.25, 0.3) is 5.91 Å². The van der Waals surface area contributed by atoms with Gasteiger partial charge in [-0.3, -0.25) is 9.79 Å². The van der Waals surface area contributed by atoms with Gasteiger partial charge in [-0.05, 0) is 38.0 Å². The Morgan fingerprint density at radius 2 is 2.03 bits per heavy atom. The lowest BCUT2D eigenvalue weighted by atomic mass is 10.1. The first kappa shape index (κ1) is 19.7. The Morgan fingerprint density at radius 3 is 2.72 bits per heavy atom. The third-order valence-electron chi connectivity index (χ3n) is 5.71. The van der Waals surface area contributed by atoms with E-state index in [2.05, 4.69) is 15.2 Å². The summed E-state index contributed by atoms with van der Waals surface area (Å²) in [6, 6.07) is 4.55. The van der Waals surface area contributed by atoms with E-state index >= 15 is 0 Å². The molecule has 7 nitrogen and oxygen atoms in total. The van der Waals surface area contributed by atoms with E-state index in [1.165, 1.54) is 12.1 Å². The molecular formula is C21H27FN4O3. The number of nitrogens with zero attached hydrogens (tertiary/aromatic N) is 3. The van der Waals surface area contributed by atoms with Gasteiger partial charge in [-0.2, -0.15) is 0 Å². The van der Waals surface area contributed by atoms with E-state index in [1.54, 1.807) is 13.1 Å². The number of furan rings is 1. The molecule has 8 heteroatoms. The number of guanidine groups is 1. The molecule has 29 heavy (non-hydrogen) atoms. The van der Waals surface area contributed by atoms with Crippen LogP contribution in [0.4, 0.5) is 4.39 Å². The second kappa shape index (κ2) is 8.41. The van der Waals surface area contributed by atoms with Crippen molar-refractivity contribution in [2.75, 3.05) is 39.8 Å². The number of aryl methyl sites for hydroxylation is 1. The van der Waals surface area contributed by atoms with E-state index in [-0.39, 0.29) is 17.8 Å². The molecule has 0 aliphatic carbocycles. The van der Waals surface area contributed by atoms with Crippen LogP contribution >= 0.6 is 0 Å². The topological polar surface area (TPSA) is 70.3 Å². The maximum Gasteiger partial charge on any atom is 0.251 e. The van der Waals surface area contributed by atoms with E-state index in [0.717, 1.165) is 35.5 Å². The lowest BCUT2D eigenvalue weighted by molar-refractivity contribution is -0.142. The van der Waals surface area contributed by atoms with Crippen LogP contribution in [0.1, 0.15) is 24.2 Å². The van der Waals surface area contributed by atoms with Crippen LogP contribution < -0.4 is 5.32 Å². The van der Waals surface area contributed by atoms with Crippen LogP contribution in [-0.4, -0.2) is 67.6 Å². The third-order valence-corrected chi connectivity index (χ3v) is 5.71. The smallest absolute Gasteiger partial charge is 0.251 e. The van der Waals surface area contributed by atoms with Crippen molar-refractivity contribution in [3.8, 4) is 0 Å². The molecule has 1 aromatic carbocycles. The molecule has 2 aromatic rings. The van der Waals surface area contributed by atoms with Gasteiger partial charge in [0.2, 0.25) is 0 Å². The molecule has 0 saturated carbocycles. The Balaban J connectivity index is 1.34. The van der Waals surface area contributed by atoms with Crippen LogP contribution in [0, 0.1) is 12.7 Å². The Morgan fingerprint density at radius 1 is 1.28 bits per heavy atom. The second-order valence-corrected chi connectivity index (χ2v) is 7.51. The number of nitrogens with one attached hydrogen (secondary N) is 1.